The van der Waals surface area contributed by atoms with E-state index in [2.05, 4.69) is 13.2 Å². The average molecular weight is 304 g/mol. The van der Waals surface area contributed by atoms with Crippen LogP contribution in [0.3, 0.4) is 0 Å². The molecule has 3 rings (SSSR count). The molecule has 4 nitrogen and oxygen atoms in total. The summed E-state index contributed by atoms with van der Waals surface area (Å²) >= 11 is 0. The summed E-state index contributed by atoms with van der Waals surface area (Å²) in [4.78, 5) is 24.0. The van der Waals surface area contributed by atoms with Crippen LogP contribution >= 0.6 is 0 Å². The third-order valence-corrected chi connectivity index (χ3v) is 5.69. The van der Waals surface area contributed by atoms with Gasteiger partial charge < -0.3 is 9.47 Å². The van der Waals surface area contributed by atoms with Gasteiger partial charge in [-0.2, -0.15) is 0 Å². The number of ether oxygens (including phenoxy) is 2. The van der Waals surface area contributed by atoms with E-state index in [4.69, 9.17) is 9.47 Å². The van der Waals surface area contributed by atoms with Crippen LogP contribution in [-0.4, -0.2) is 23.6 Å². The Morgan fingerprint density at radius 3 is 2.36 bits per heavy atom. The second-order valence-electron chi connectivity index (χ2n) is 7.18. The lowest BCUT2D eigenvalue weighted by Crippen LogP contribution is -2.47. The first-order valence-corrected chi connectivity index (χ1v) is 8.10. The normalized spacial score (nSPS) is 38.5. The molecule has 3 fully saturated rings. The molecular formula is C18H24O4. The topological polar surface area (TPSA) is 52.6 Å². The smallest absolute Gasteiger partial charge is 0.333 e. The van der Waals surface area contributed by atoms with Crippen LogP contribution in [0.4, 0.5) is 0 Å². The van der Waals surface area contributed by atoms with Crippen molar-refractivity contribution in [3.63, 3.8) is 0 Å². The summed E-state index contributed by atoms with van der Waals surface area (Å²) < 4.78 is 11.6. The van der Waals surface area contributed by atoms with Crippen molar-refractivity contribution in [3.8, 4) is 0 Å². The van der Waals surface area contributed by atoms with Gasteiger partial charge in [-0.05, 0) is 57.8 Å². The van der Waals surface area contributed by atoms with Crippen LogP contribution in [0.15, 0.2) is 24.3 Å². The Hall–Kier alpha value is -1.58. The highest BCUT2D eigenvalue weighted by Crippen LogP contribution is 2.63. The second kappa shape index (κ2) is 5.25. The first kappa shape index (κ1) is 15.3. The zero-order valence-corrected chi connectivity index (χ0v) is 13.4. The SMILES string of the molecule is C=C(C)C(=O)OC1CCC2(OC(=O)C(=C)C)C3CCC(C3)C12. The fourth-order valence-electron chi connectivity index (χ4n) is 4.83. The van der Waals surface area contributed by atoms with E-state index in [9.17, 15) is 9.59 Å². The molecule has 120 valence electrons. The lowest BCUT2D eigenvalue weighted by molar-refractivity contribution is -0.170. The van der Waals surface area contributed by atoms with Gasteiger partial charge in [0.05, 0.1) is 0 Å². The van der Waals surface area contributed by atoms with Gasteiger partial charge in [0.2, 0.25) is 0 Å². The summed E-state index contributed by atoms with van der Waals surface area (Å²) in [6, 6.07) is 0. The molecular weight excluding hydrogens is 280 g/mol. The molecule has 0 heterocycles. The zero-order chi connectivity index (χ0) is 16.1. The maximum absolute atomic E-state index is 12.1. The Kier molecular flexibility index (Phi) is 3.66. The molecule has 0 aromatic heterocycles. The highest BCUT2D eigenvalue weighted by Gasteiger charge is 2.66. The van der Waals surface area contributed by atoms with Crippen molar-refractivity contribution in [1.82, 2.24) is 0 Å². The van der Waals surface area contributed by atoms with Crippen LogP contribution in [0.25, 0.3) is 0 Å². The molecule has 0 radical (unpaired) electrons. The maximum Gasteiger partial charge on any atom is 0.333 e. The van der Waals surface area contributed by atoms with Gasteiger partial charge in [0.15, 0.2) is 0 Å². The van der Waals surface area contributed by atoms with Crippen molar-refractivity contribution < 1.29 is 19.1 Å². The third-order valence-electron chi connectivity index (χ3n) is 5.69. The summed E-state index contributed by atoms with van der Waals surface area (Å²) in [6.07, 6.45) is 4.72. The highest BCUT2D eigenvalue weighted by molar-refractivity contribution is 5.88. The summed E-state index contributed by atoms with van der Waals surface area (Å²) in [7, 11) is 0. The van der Waals surface area contributed by atoms with E-state index in [0.717, 1.165) is 32.1 Å². The number of carbonyl (C=O) groups is 2. The molecule has 5 atom stereocenters. The molecule has 3 aliphatic rings. The lowest BCUT2D eigenvalue weighted by atomic mass is 9.76. The Morgan fingerprint density at radius 2 is 1.73 bits per heavy atom. The van der Waals surface area contributed by atoms with Gasteiger partial charge in [0.25, 0.3) is 0 Å². The molecule has 0 aromatic carbocycles. The van der Waals surface area contributed by atoms with Crippen LogP contribution < -0.4 is 0 Å². The summed E-state index contributed by atoms with van der Waals surface area (Å²) in [5.41, 5.74) is 0.400. The van der Waals surface area contributed by atoms with Crippen molar-refractivity contribution in [3.05, 3.63) is 24.3 Å². The molecule has 0 spiro atoms. The van der Waals surface area contributed by atoms with E-state index >= 15 is 0 Å². The summed E-state index contributed by atoms with van der Waals surface area (Å²) in [5, 5.41) is 0. The Labute approximate surface area is 131 Å². The first-order valence-electron chi connectivity index (χ1n) is 8.10. The monoisotopic (exact) mass is 304 g/mol. The maximum atomic E-state index is 12.1. The predicted molar refractivity (Wildman–Crippen MR) is 81.9 cm³/mol. The number of carbonyl (C=O) groups excluding carboxylic acids is 2. The van der Waals surface area contributed by atoms with E-state index in [1.54, 1.807) is 13.8 Å². The number of hydrogen-bond acceptors (Lipinski definition) is 4. The quantitative estimate of drug-likeness (QED) is 0.591. The minimum absolute atomic E-state index is 0.137. The van der Waals surface area contributed by atoms with E-state index in [1.807, 2.05) is 0 Å². The zero-order valence-electron chi connectivity index (χ0n) is 13.4. The Bertz CT molecular complexity index is 549. The summed E-state index contributed by atoms with van der Waals surface area (Å²) in [6.45, 7) is 10.7. The molecule has 2 bridgehead atoms. The van der Waals surface area contributed by atoms with Crippen molar-refractivity contribution in [2.24, 2.45) is 17.8 Å². The largest absolute Gasteiger partial charge is 0.459 e. The van der Waals surface area contributed by atoms with Crippen LogP contribution in [0.5, 0.6) is 0 Å². The van der Waals surface area contributed by atoms with Gasteiger partial charge in [-0.1, -0.05) is 13.2 Å². The number of rotatable bonds is 4. The van der Waals surface area contributed by atoms with Gasteiger partial charge in [-0.3, -0.25) is 0 Å². The standard InChI is InChI=1S/C18H24O4/c1-10(2)16(19)21-14-7-8-18(22-17(20)11(3)4)13-6-5-12(9-13)15(14)18/h12-15H,1,3,5-9H2,2,4H3. The predicted octanol–water partition coefficient (Wildman–Crippen LogP) is 3.17. The fourth-order valence-corrected chi connectivity index (χ4v) is 4.83. The molecule has 22 heavy (non-hydrogen) atoms. The molecule has 4 heteroatoms. The summed E-state index contributed by atoms with van der Waals surface area (Å²) in [5.74, 6) is 0.379. The second-order valence-corrected chi connectivity index (χ2v) is 7.18. The highest BCUT2D eigenvalue weighted by atomic mass is 16.6. The first-order chi connectivity index (χ1) is 10.3. The molecule has 3 aliphatic carbocycles. The molecule has 0 aliphatic heterocycles. The van der Waals surface area contributed by atoms with Gasteiger partial charge in [-0.15, -0.1) is 0 Å². The minimum atomic E-state index is -0.445. The Morgan fingerprint density at radius 1 is 1.05 bits per heavy atom. The molecule has 0 amide bonds. The van der Waals surface area contributed by atoms with E-state index in [0.29, 0.717) is 23.0 Å². The van der Waals surface area contributed by atoms with E-state index in [-0.39, 0.29) is 24.0 Å². The van der Waals surface area contributed by atoms with E-state index in [1.165, 1.54) is 0 Å². The number of hydrogen-bond donors (Lipinski definition) is 0. The van der Waals surface area contributed by atoms with Crippen LogP contribution in [0.2, 0.25) is 0 Å². The van der Waals surface area contributed by atoms with Crippen molar-refractivity contribution in [2.75, 3.05) is 0 Å². The Balaban J connectivity index is 1.83. The van der Waals surface area contributed by atoms with Gasteiger partial charge >= 0.3 is 11.9 Å². The third kappa shape index (κ3) is 2.20. The van der Waals surface area contributed by atoms with Crippen LogP contribution in [0, 0.1) is 17.8 Å². The number of fused-ring (bicyclic) bond motifs is 5. The molecule has 0 aromatic rings. The van der Waals surface area contributed by atoms with Crippen LogP contribution in [0.1, 0.15) is 46.0 Å². The molecule has 0 N–H and O–H groups in total. The van der Waals surface area contributed by atoms with Gasteiger partial charge in [0.1, 0.15) is 11.7 Å². The van der Waals surface area contributed by atoms with Crippen molar-refractivity contribution in [2.45, 2.75) is 57.7 Å². The molecule has 0 saturated heterocycles. The van der Waals surface area contributed by atoms with Gasteiger partial charge in [0, 0.05) is 17.1 Å². The molecule has 3 saturated carbocycles. The van der Waals surface area contributed by atoms with E-state index < -0.39 is 5.60 Å². The average Bonchev–Trinajstić information content (AvgIpc) is 3.11. The van der Waals surface area contributed by atoms with Crippen LogP contribution in [-0.2, 0) is 19.1 Å². The van der Waals surface area contributed by atoms with Crippen molar-refractivity contribution >= 4 is 11.9 Å². The van der Waals surface area contributed by atoms with Crippen molar-refractivity contribution in [1.29, 1.82) is 0 Å². The fraction of sp³-hybridized carbons (Fsp3) is 0.667. The minimum Gasteiger partial charge on any atom is -0.459 e. The van der Waals surface area contributed by atoms with Gasteiger partial charge in [-0.25, -0.2) is 9.59 Å². The molecule has 5 unspecified atom stereocenters. The lowest BCUT2D eigenvalue weighted by Gasteiger charge is -2.40. The number of esters is 2.